The highest BCUT2D eigenvalue weighted by molar-refractivity contribution is 6.30. The van der Waals surface area contributed by atoms with E-state index in [-0.39, 0.29) is 12.5 Å². The molecule has 1 heterocycles. The molecule has 0 aliphatic carbocycles. The molecule has 0 bridgehead atoms. The molecule has 0 spiro atoms. The number of aliphatic hydroxyl groups excluding tert-OH is 1. The van der Waals surface area contributed by atoms with Crippen molar-refractivity contribution < 1.29 is 9.52 Å². The molecule has 0 saturated carbocycles. The second-order valence-corrected chi connectivity index (χ2v) is 4.48. The van der Waals surface area contributed by atoms with Crippen molar-refractivity contribution in [3.63, 3.8) is 0 Å². The Balaban J connectivity index is 2.11. The summed E-state index contributed by atoms with van der Waals surface area (Å²) in [5, 5.41) is 9.72. The van der Waals surface area contributed by atoms with Crippen molar-refractivity contribution in [3.05, 3.63) is 52.7 Å². The lowest BCUT2D eigenvalue weighted by Gasteiger charge is -2.01. The van der Waals surface area contributed by atoms with Crippen LogP contribution in [0.25, 0.3) is 0 Å². The summed E-state index contributed by atoms with van der Waals surface area (Å²) in [5.41, 5.74) is 1.06. The van der Waals surface area contributed by atoms with Crippen molar-refractivity contribution >= 4 is 11.6 Å². The summed E-state index contributed by atoms with van der Waals surface area (Å²) in [6.07, 6.45) is 2.28. The molecule has 3 nitrogen and oxygen atoms in total. The number of rotatable bonds is 4. The summed E-state index contributed by atoms with van der Waals surface area (Å²) in [7, 11) is 0. The van der Waals surface area contributed by atoms with Crippen LogP contribution < -0.4 is 0 Å². The molecule has 2 rings (SSSR count). The quantitative estimate of drug-likeness (QED) is 0.909. The Hall–Kier alpha value is -1.32. The van der Waals surface area contributed by atoms with Crippen molar-refractivity contribution in [2.45, 2.75) is 19.3 Å². The fourth-order valence-electron chi connectivity index (χ4n) is 1.55. The standard InChI is InChI=1S/C13H14ClNO2/c1-9(8-16)12-7-15-13(17-12)6-10-3-2-4-11(14)5-10/h2-5,7,9,16H,6,8H2,1H3. The number of nitrogens with zero attached hydrogens (tertiary/aromatic N) is 1. The van der Waals surface area contributed by atoms with Crippen molar-refractivity contribution in [3.8, 4) is 0 Å². The van der Waals surface area contributed by atoms with Gasteiger partial charge in [-0.2, -0.15) is 0 Å². The highest BCUT2D eigenvalue weighted by Crippen LogP contribution is 2.18. The van der Waals surface area contributed by atoms with Gasteiger partial charge in [-0.3, -0.25) is 0 Å². The maximum Gasteiger partial charge on any atom is 0.198 e. The fourth-order valence-corrected chi connectivity index (χ4v) is 1.76. The summed E-state index contributed by atoms with van der Waals surface area (Å²) < 4.78 is 5.57. The van der Waals surface area contributed by atoms with E-state index in [2.05, 4.69) is 4.98 Å². The smallest absolute Gasteiger partial charge is 0.198 e. The number of oxazole rings is 1. The molecule has 2 aromatic rings. The first-order valence-electron chi connectivity index (χ1n) is 5.49. The first-order valence-corrected chi connectivity index (χ1v) is 5.86. The van der Waals surface area contributed by atoms with E-state index in [0.29, 0.717) is 23.1 Å². The highest BCUT2D eigenvalue weighted by Gasteiger charge is 2.11. The molecule has 1 aromatic carbocycles. The summed E-state index contributed by atoms with van der Waals surface area (Å²) in [4.78, 5) is 4.19. The third kappa shape index (κ3) is 3.08. The van der Waals surface area contributed by atoms with Crippen LogP contribution in [0.2, 0.25) is 5.02 Å². The molecule has 4 heteroatoms. The number of hydrogen-bond acceptors (Lipinski definition) is 3. The van der Waals surface area contributed by atoms with Crippen LogP contribution in [0.4, 0.5) is 0 Å². The minimum atomic E-state index is -0.0180. The molecule has 0 aliphatic heterocycles. The summed E-state index contributed by atoms with van der Waals surface area (Å²) in [6, 6.07) is 7.60. The number of aliphatic hydroxyl groups is 1. The zero-order valence-corrected chi connectivity index (χ0v) is 10.3. The summed E-state index contributed by atoms with van der Waals surface area (Å²) in [5.74, 6) is 1.34. The predicted molar refractivity (Wildman–Crippen MR) is 66.3 cm³/mol. The summed E-state index contributed by atoms with van der Waals surface area (Å²) >= 11 is 5.91. The summed E-state index contributed by atoms with van der Waals surface area (Å²) in [6.45, 7) is 1.95. The van der Waals surface area contributed by atoms with Gasteiger partial charge in [0.05, 0.1) is 12.8 Å². The minimum absolute atomic E-state index is 0.0180. The van der Waals surface area contributed by atoms with Crippen molar-refractivity contribution in [2.24, 2.45) is 0 Å². The van der Waals surface area contributed by atoms with E-state index in [1.54, 1.807) is 6.20 Å². The van der Waals surface area contributed by atoms with Crippen LogP contribution in [0.5, 0.6) is 0 Å². The van der Waals surface area contributed by atoms with Gasteiger partial charge in [-0.05, 0) is 17.7 Å². The SMILES string of the molecule is CC(CO)c1cnc(Cc2cccc(Cl)c2)o1. The van der Waals surface area contributed by atoms with E-state index >= 15 is 0 Å². The lowest BCUT2D eigenvalue weighted by atomic mass is 10.1. The van der Waals surface area contributed by atoms with E-state index in [0.717, 1.165) is 5.56 Å². The van der Waals surface area contributed by atoms with E-state index in [9.17, 15) is 0 Å². The van der Waals surface area contributed by atoms with Crippen molar-refractivity contribution in [1.82, 2.24) is 4.98 Å². The van der Waals surface area contributed by atoms with Gasteiger partial charge in [-0.15, -0.1) is 0 Å². The van der Waals surface area contributed by atoms with Crippen LogP contribution in [0, 0.1) is 0 Å². The molecule has 0 radical (unpaired) electrons. The maximum atomic E-state index is 9.02. The predicted octanol–water partition coefficient (Wildman–Crippen LogP) is 3.01. The average Bonchev–Trinajstić information content (AvgIpc) is 2.76. The molecule has 0 aliphatic rings. The molecule has 0 fully saturated rings. The second-order valence-electron chi connectivity index (χ2n) is 4.05. The number of benzene rings is 1. The van der Waals surface area contributed by atoms with E-state index in [4.69, 9.17) is 21.1 Å². The van der Waals surface area contributed by atoms with Crippen LogP contribution in [0.1, 0.15) is 30.1 Å². The van der Waals surface area contributed by atoms with Gasteiger partial charge in [0.2, 0.25) is 0 Å². The van der Waals surface area contributed by atoms with Gasteiger partial charge >= 0.3 is 0 Å². The zero-order chi connectivity index (χ0) is 12.3. The number of halogens is 1. The Morgan fingerprint density at radius 2 is 2.29 bits per heavy atom. The monoisotopic (exact) mass is 251 g/mol. The number of aromatic nitrogens is 1. The van der Waals surface area contributed by atoms with Crippen LogP contribution in [-0.2, 0) is 6.42 Å². The number of hydrogen-bond donors (Lipinski definition) is 1. The van der Waals surface area contributed by atoms with Gasteiger partial charge < -0.3 is 9.52 Å². The van der Waals surface area contributed by atoms with Crippen molar-refractivity contribution in [2.75, 3.05) is 6.61 Å². The van der Waals surface area contributed by atoms with Crippen LogP contribution in [0.15, 0.2) is 34.9 Å². The lowest BCUT2D eigenvalue weighted by molar-refractivity contribution is 0.255. The minimum Gasteiger partial charge on any atom is -0.445 e. The van der Waals surface area contributed by atoms with Gasteiger partial charge in [0, 0.05) is 17.4 Å². The molecule has 17 heavy (non-hydrogen) atoms. The molecule has 90 valence electrons. The Kier molecular flexibility index (Phi) is 3.82. The Bertz CT molecular complexity index is 496. The molecule has 1 unspecified atom stereocenters. The molecular formula is C13H14ClNO2. The van der Waals surface area contributed by atoms with Crippen LogP contribution in [-0.4, -0.2) is 16.7 Å². The Morgan fingerprint density at radius 1 is 1.47 bits per heavy atom. The maximum absolute atomic E-state index is 9.02. The zero-order valence-electron chi connectivity index (χ0n) is 9.56. The third-order valence-electron chi connectivity index (χ3n) is 2.58. The van der Waals surface area contributed by atoms with E-state index in [1.165, 1.54) is 0 Å². The van der Waals surface area contributed by atoms with E-state index in [1.807, 2.05) is 31.2 Å². The molecule has 1 atom stereocenters. The van der Waals surface area contributed by atoms with Crippen LogP contribution in [0.3, 0.4) is 0 Å². The highest BCUT2D eigenvalue weighted by atomic mass is 35.5. The van der Waals surface area contributed by atoms with E-state index < -0.39 is 0 Å². The molecule has 1 N–H and O–H groups in total. The van der Waals surface area contributed by atoms with Gasteiger partial charge in [0.25, 0.3) is 0 Å². The first-order chi connectivity index (χ1) is 8.19. The van der Waals surface area contributed by atoms with Crippen LogP contribution >= 0.6 is 11.6 Å². The topological polar surface area (TPSA) is 46.3 Å². The fraction of sp³-hybridized carbons (Fsp3) is 0.308. The first kappa shape index (κ1) is 12.1. The van der Waals surface area contributed by atoms with Crippen molar-refractivity contribution in [1.29, 1.82) is 0 Å². The normalized spacial score (nSPS) is 12.6. The molecule has 0 amide bonds. The molecule has 1 aromatic heterocycles. The van der Waals surface area contributed by atoms with Gasteiger partial charge in [-0.25, -0.2) is 4.98 Å². The Labute approximate surface area is 105 Å². The average molecular weight is 252 g/mol. The molecular weight excluding hydrogens is 238 g/mol. The van der Waals surface area contributed by atoms with Gasteiger partial charge in [0.1, 0.15) is 5.76 Å². The largest absolute Gasteiger partial charge is 0.445 e. The van der Waals surface area contributed by atoms with Gasteiger partial charge in [0.15, 0.2) is 5.89 Å². The lowest BCUT2D eigenvalue weighted by Crippen LogP contribution is -1.96. The third-order valence-corrected chi connectivity index (χ3v) is 2.81. The van der Waals surface area contributed by atoms with Gasteiger partial charge in [-0.1, -0.05) is 30.7 Å². The Morgan fingerprint density at radius 3 is 3.00 bits per heavy atom. The second kappa shape index (κ2) is 5.34. The molecule has 0 saturated heterocycles.